The van der Waals surface area contributed by atoms with Gasteiger partial charge in [-0.1, -0.05) is 6.42 Å². The van der Waals surface area contributed by atoms with Crippen LogP contribution in [0.1, 0.15) is 49.8 Å². The number of benzene rings is 1. The van der Waals surface area contributed by atoms with E-state index >= 15 is 0 Å². The summed E-state index contributed by atoms with van der Waals surface area (Å²) in [4.78, 5) is 13.0. The summed E-state index contributed by atoms with van der Waals surface area (Å²) in [6.07, 6.45) is 8.64. The molecule has 164 valence electrons. The molecule has 0 spiro atoms. The number of rotatable bonds is 4. The van der Waals surface area contributed by atoms with Gasteiger partial charge in [0.1, 0.15) is 17.9 Å². The summed E-state index contributed by atoms with van der Waals surface area (Å²) < 4.78 is 8.83. The fourth-order valence-electron chi connectivity index (χ4n) is 4.99. The maximum atomic E-state index is 5.31. The zero-order chi connectivity index (χ0) is 21.5. The van der Waals surface area contributed by atoms with Crippen LogP contribution in [0.5, 0.6) is 5.75 Å². The van der Waals surface area contributed by atoms with Gasteiger partial charge in [-0.15, -0.1) is 21.5 Å². The van der Waals surface area contributed by atoms with Gasteiger partial charge in [0.05, 0.1) is 23.4 Å². The minimum atomic E-state index is 0.221. The zero-order valence-electron chi connectivity index (χ0n) is 18.2. The zero-order valence-corrected chi connectivity index (χ0v) is 19.0. The van der Waals surface area contributed by atoms with Gasteiger partial charge in [0.2, 0.25) is 0 Å². The molecule has 0 saturated carbocycles. The SMILES string of the molecule is COc1ccc(-c2cc3ncnc(N4CCCC4c4nnc5n4CCCCC5)c3s2)cc1. The van der Waals surface area contributed by atoms with Crippen LogP contribution in [-0.2, 0) is 13.0 Å². The molecule has 0 N–H and O–H groups in total. The smallest absolute Gasteiger partial charge is 0.155 e. The number of ether oxygens (including phenoxy) is 1. The average Bonchev–Trinajstić information content (AvgIpc) is 3.53. The Labute approximate surface area is 191 Å². The van der Waals surface area contributed by atoms with Gasteiger partial charge < -0.3 is 14.2 Å². The minimum Gasteiger partial charge on any atom is -0.497 e. The van der Waals surface area contributed by atoms with Crippen molar-refractivity contribution in [3.05, 3.63) is 48.3 Å². The molecule has 2 aliphatic heterocycles. The molecule has 2 aliphatic rings. The van der Waals surface area contributed by atoms with Gasteiger partial charge in [-0.2, -0.15) is 0 Å². The molecular formula is C24H26N6OS. The summed E-state index contributed by atoms with van der Waals surface area (Å²) in [5.74, 6) is 4.14. The van der Waals surface area contributed by atoms with E-state index in [0.717, 1.165) is 65.8 Å². The molecule has 1 saturated heterocycles. The average molecular weight is 447 g/mol. The maximum absolute atomic E-state index is 5.31. The molecule has 3 aromatic heterocycles. The molecule has 1 atom stereocenters. The van der Waals surface area contributed by atoms with Gasteiger partial charge in [0.15, 0.2) is 11.6 Å². The van der Waals surface area contributed by atoms with E-state index in [-0.39, 0.29) is 6.04 Å². The first-order valence-corrected chi connectivity index (χ1v) is 12.2. The number of methoxy groups -OCH3 is 1. The number of aryl methyl sites for hydroxylation is 1. The molecule has 0 amide bonds. The summed E-state index contributed by atoms with van der Waals surface area (Å²) in [5.41, 5.74) is 2.16. The van der Waals surface area contributed by atoms with Crippen LogP contribution in [0.4, 0.5) is 5.82 Å². The summed E-state index contributed by atoms with van der Waals surface area (Å²) in [7, 11) is 1.69. The predicted molar refractivity (Wildman–Crippen MR) is 126 cm³/mol. The molecule has 0 bridgehead atoms. The van der Waals surface area contributed by atoms with E-state index in [9.17, 15) is 0 Å². The molecular weight excluding hydrogens is 420 g/mol. The highest BCUT2D eigenvalue weighted by molar-refractivity contribution is 7.22. The largest absolute Gasteiger partial charge is 0.497 e. The van der Waals surface area contributed by atoms with Crippen molar-refractivity contribution >= 4 is 27.4 Å². The minimum absolute atomic E-state index is 0.221. The second-order valence-electron chi connectivity index (χ2n) is 8.54. The number of thiophene rings is 1. The number of fused-ring (bicyclic) bond motifs is 2. The normalized spacial score (nSPS) is 18.7. The van der Waals surface area contributed by atoms with Gasteiger partial charge in [0, 0.05) is 24.4 Å². The molecule has 0 radical (unpaired) electrons. The first-order valence-electron chi connectivity index (χ1n) is 11.4. The highest BCUT2D eigenvalue weighted by Gasteiger charge is 2.33. The van der Waals surface area contributed by atoms with Crippen molar-refractivity contribution in [2.24, 2.45) is 0 Å². The quantitative estimate of drug-likeness (QED) is 0.438. The highest BCUT2D eigenvalue weighted by Crippen LogP contribution is 2.42. The van der Waals surface area contributed by atoms with E-state index in [2.05, 4.69) is 42.8 Å². The van der Waals surface area contributed by atoms with Crippen molar-refractivity contribution < 1.29 is 4.74 Å². The number of hydrogen-bond acceptors (Lipinski definition) is 7. The van der Waals surface area contributed by atoms with E-state index in [1.807, 2.05) is 12.1 Å². The topological polar surface area (TPSA) is 69.0 Å². The number of anilines is 1. The predicted octanol–water partition coefficient (Wildman–Crippen LogP) is 5.03. The van der Waals surface area contributed by atoms with Crippen LogP contribution in [-0.4, -0.2) is 38.4 Å². The fourth-order valence-corrected chi connectivity index (χ4v) is 6.11. The Balaban J connectivity index is 1.38. The molecule has 0 aliphatic carbocycles. The summed E-state index contributed by atoms with van der Waals surface area (Å²) in [5, 5.41) is 9.22. The van der Waals surface area contributed by atoms with Crippen LogP contribution in [0.15, 0.2) is 36.7 Å². The van der Waals surface area contributed by atoms with Crippen LogP contribution >= 0.6 is 11.3 Å². The summed E-state index contributed by atoms with van der Waals surface area (Å²) in [6.45, 7) is 2.01. The molecule has 6 rings (SSSR count). The fraction of sp³-hybridized carbons (Fsp3) is 0.417. The molecule has 4 aromatic rings. The molecule has 1 unspecified atom stereocenters. The molecule has 1 aromatic carbocycles. The number of hydrogen-bond donors (Lipinski definition) is 0. The van der Waals surface area contributed by atoms with Crippen molar-refractivity contribution in [1.82, 2.24) is 24.7 Å². The Morgan fingerprint density at radius 1 is 1.00 bits per heavy atom. The number of nitrogens with zero attached hydrogens (tertiary/aromatic N) is 6. The van der Waals surface area contributed by atoms with E-state index in [1.54, 1.807) is 24.8 Å². The van der Waals surface area contributed by atoms with Crippen LogP contribution in [0.2, 0.25) is 0 Å². The van der Waals surface area contributed by atoms with Crippen LogP contribution in [0.25, 0.3) is 20.7 Å². The highest BCUT2D eigenvalue weighted by atomic mass is 32.1. The van der Waals surface area contributed by atoms with E-state index in [0.29, 0.717) is 0 Å². The lowest BCUT2D eigenvalue weighted by Gasteiger charge is -2.25. The van der Waals surface area contributed by atoms with Gasteiger partial charge in [-0.25, -0.2) is 9.97 Å². The molecule has 8 heteroatoms. The van der Waals surface area contributed by atoms with Crippen LogP contribution in [0.3, 0.4) is 0 Å². The summed E-state index contributed by atoms with van der Waals surface area (Å²) in [6, 6.07) is 10.6. The third kappa shape index (κ3) is 3.33. The van der Waals surface area contributed by atoms with Gasteiger partial charge in [0.25, 0.3) is 0 Å². The molecule has 7 nitrogen and oxygen atoms in total. The maximum Gasteiger partial charge on any atom is 0.155 e. The Hall–Kier alpha value is -3.00. The van der Waals surface area contributed by atoms with Crippen molar-refractivity contribution in [1.29, 1.82) is 0 Å². The van der Waals surface area contributed by atoms with Crippen molar-refractivity contribution in [2.45, 2.75) is 51.1 Å². The summed E-state index contributed by atoms with van der Waals surface area (Å²) >= 11 is 1.76. The third-order valence-electron chi connectivity index (χ3n) is 6.63. The van der Waals surface area contributed by atoms with Crippen molar-refractivity contribution in [3.8, 4) is 16.2 Å². The first kappa shape index (κ1) is 19.7. The second kappa shape index (κ2) is 8.16. The molecule has 32 heavy (non-hydrogen) atoms. The second-order valence-corrected chi connectivity index (χ2v) is 9.59. The lowest BCUT2D eigenvalue weighted by atomic mass is 10.2. The van der Waals surface area contributed by atoms with Crippen LogP contribution in [0, 0.1) is 0 Å². The third-order valence-corrected chi connectivity index (χ3v) is 7.80. The standard InChI is InChI=1S/C24H26N6OS/c1-31-17-10-8-16(9-11-17)20-14-18-22(32-20)24(26-15-25-18)29-13-5-6-19(29)23-28-27-21-7-3-2-4-12-30(21)23/h8-11,14-15,19H,2-7,12-13H2,1H3. The van der Waals surface area contributed by atoms with Gasteiger partial charge >= 0.3 is 0 Å². The Bertz CT molecular complexity index is 1250. The van der Waals surface area contributed by atoms with Gasteiger partial charge in [-0.05, 0) is 61.6 Å². The van der Waals surface area contributed by atoms with Gasteiger partial charge in [-0.3, -0.25) is 0 Å². The van der Waals surface area contributed by atoms with E-state index < -0.39 is 0 Å². The van der Waals surface area contributed by atoms with Crippen molar-refractivity contribution in [3.63, 3.8) is 0 Å². The van der Waals surface area contributed by atoms with E-state index in [4.69, 9.17) is 9.72 Å². The first-order chi connectivity index (χ1) is 15.8. The Kier molecular flexibility index (Phi) is 5.02. The Morgan fingerprint density at radius 3 is 2.78 bits per heavy atom. The number of aromatic nitrogens is 5. The molecule has 1 fully saturated rings. The van der Waals surface area contributed by atoms with Crippen LogP contribution < -0.4 is 9.64 Å². The molecule has 5 heterocycles. The van der Waals surface area contributed by atoms with E-state index in [1.165, 1.54) is 29.7 Å². The lowest BCUT2D eigenvalue weighted by molar-refractivity contribution is 0.415. The monoisotopic (exact) mass is 446 g/mol. The van der Waals surface area contributed by atoms with Crippen molar-refractivity contribution in [2.75, 3.05) is 18.6 Å². The Morgan fingerprint density at radius 2 is 1.91 bits per heavy atom. The lowest BCUT2D eigenvalue weighted by Crippen LogP contribution is -2.26.